The van der Waals surface area contributed by atoms with E-state index >= 15 is 0 Å². The number of amides is 2. The maximum Gasteiger partial charge on any atom is 0.248 e. The monoisotopic (exact) mass is 317 g/mol. The smallest absolute Gasteiger partial charge is 0.248 e. The van der Waals surface area contributed by atoms with Gasteiger partial charge < -0.3 is 11.1 Å². The van der Waals surface area contributed by atoms with Gasteiger partial charge in [0.2, 0.25) is 11.8 Å². The van der Waals surface area contributed by atoms with Crippen LogP contribution in [0.5, 0.6) is 0 Å². The van der Waals surface area contributed by atoms with E-state index in [1.807, 2.05) is 0 Å². The summed E-state index contributed by atoms with van der Waals surface area (Å²) in [6, 6.07) is 2.48. The largest absolute Gasteiger partial charge is 0.366 e. The summed E-state index contributed by atoms with van der Waals surface area (Å²) in [5.41, 5.74) is 5.79. The molecule has 122 valence electrons. The molecule has 1 aromatic carbocycles. The standard InChI is InChI=1S/C17H20FN3O2/c1-3-6-21-7-4-12(5-8-21)17(23)20-15-10-13(16(19)22)9-14(18)11(15)2/h1,9-10,12H,4-8H2,2H3,(H2,19,22)(H,20,23). The van der Waals surface area contributed by atoms with Crippen molar-refractivity contribution in [3.8, 4) is 12.3 Å². The summed E-state index contributed by atoms with van der Waals surface area (Å²) < 4.78 is 13.8. The molecule has 23 heavy (non-hydrogen) atoms. The summed E-state index contributed by atoms with van der Waals surface area (Å²) >= 11 is 0. The second kappa shape index (κ2) is 7.25. The molecule has 0 aromatic heterocycles. The highest BCUT2D eigenvalue weighted by atomic mass is 19.1. The number of anilines is 1. The summed E-state index contributed by atoms with van der Waals surface area (Å²) in [6.45, 7) is 3.65. The van der Waals surface area contributed by atoms with Crippen LogP contribution in [-0.4, -0.2) is 36.3 Å². The molecular formula is C17H20FN3O2. The van der Waals surface area contributed by atoms with Crippen LogP contribution in [0, 0.1) is 31.0 Å². The van der Waals surface area contributed by atoms with Crippen molar-refractivity contribution in [3.63, 3.8) is 0 Å². The number of carbonyl (C=O) groups is 2. The number of hydrogen-bond donors (Lipinski definition) is 2. The van der Waals surface area contributed by atoms with Gasteiger partial charge in [-0.15, -0.1) is 6.42 Å². The van der Waals surface area contributed by atoms with Gasteiger partial charge in [-0.25, -0.2) is 4.39 Å². The summed E-state index contributed by atoms with van der Waals surface area (Å²) in [7, 11) is 0. The molecule has 1 aliphatic heterocycles. The number of likely N-dealkylation sites (tertiary alicyclic amines) is 1. The Labute approximate surface area is 135 Å². The molecule has 1 saturated heterocycles. The predicted octanol–water partition coefficient (Wildman–Crippen LogP) is 1.52. The number of primary amides is 1. The molecule has 0 aliphatic carbocycles. The van der Waals surface area contributed by atoms with Gasteiger partial charge in [0, 0.05) is 22.7 Å². The van der Waals surface area contributed by atoms with Gasteiger partial charge in [-0.2, -0.15) is 0 Å². The first-order valence-electron chi connectivity index (χ1n) is 7.49. The number of nitrogens with one attached hydrogen (secondary N) is 1. The van der Waals surface area contributed by atoms with Crippen LogP contribution >= 0.6 is 0 Å². The van der Waals surface area contributed by atoms with Gasteiger partial charge in [-0.3, -0.25) is 14.5 Å². The maximum atomic E-state index is 13.8. The molecule has 1 fully saturated rings. The van der Waals surface area contributed by atoms with E-state index in [0.29, 0.717) is 19.4 Å². The number of nitrogens with zero attached hydrogens (tertiary/aromatic N) is 1. The van der Waals surface area contributed by atoms with E-state index in [1.165, 1.54) is 6.07 Å². The molecule has 2 amide bonds. The lowest BCUT2D eigenvalue weighted by molar-refractivity contribution is -0.121. The first-order chi connectivity index (χ1) is 10.9. The zero-order valence-electron chi connectivity index (χ0n) is 13.1. The van der Waals surface area contributed by atoms with Gasteiger partial charge in [-0.1, -0.05) is 5.92 Å². The van der Waals surface area contributed by atoms with Crippen molar-refractivity contribution in [1.82, 2.24) is 4.90 Å². The van der Waals surface area contributed by atoms with Crippen LogP contribution in [-0.2, 0) is 4.79 Å². The molecule has 0 atom stereocenters. The molecule has 2 rings (SSSR count). The minimum atomic E-state index is -0.734. The highest BCUT2D eigenvalue weighted by Crippen LogP contribution is 2.24. The summed E-state index contributed by atoms with van der Waals surface area (Å²) in [6.07, 6.45) is 6.68. The third kappa shape index (κ3) is 4.08. The molecule has 0 saturated carbocycles. The van der Waals surface area contributed by atoms with Gasteiger partial charge in [0.15, 0.2) is 0 Å². The highest BCUT2D eigenvalue weighted by Gasteiger charge is 2.25. The van der Waals surface area contributed by atoms with E-state index in [2.05, 4.69) is 16.1 Å². The molecule has 0 spiro atoms. The van der Waals surface area contributed by atoms with Crippen molar-refractivity contribution in [2.45, 2.75) is 19.8 Å². The SMILES string of the molecule is C#CCN1CCC(C(=O)Nc2cc(C(N)=O)cc(F)c2C)CC1. The third-order valence-electron chi connectivity index (χ3n) is 4.16. The lowest BCUT2D eigenvalue weighted by Crippen LogP contribution is -2.38. The van der Waals surface area contributed by atoms with Crippen molar-refractivity contribution < 1.29 is 14.0 Å². The fraction of sp³-hybridized carbons (Fsp3) is 0.412. The van der Waals surface area contributed by atoms with Gasteiger partial charge in [0.25, 0.3) is 0 Å². The fourth-order valence-electron chi connectivity index (χ4n) is 2.67. The van der Waals surface area contributed by atoms with E-state index < -0.39 is 11.7 Å². The van der Waals surface area contributed by atoms with Crippen LogP contribution in [0.1, 0.15) is 28.8 Å². The zero-order valence-corrected chi connectivity index (χ0v) is 13.1. The molecule has 1 heterocycles. The third-order valence-corrected chi connectivity index (χ3v) is 4.16. The van der Waals surface area contributed by atoms with Crippen molar-refractivity contribution in [2.75, 3.05) is 25.0 Å². The first-order valence-corrected chi connectivity index (χ1v) is 7.49. The quantitative estimate of drug-likeness (QED) is 0.827. The molecule has 1 aromatic rings. The van der Waals surface area contributed by atoms with Crippen molar-refractivity contribution >= 4 is 17.5 Å². The topological polar surface area (TPSA) is 75.4 Å². The average Bonchev–Trinajstić information content (AvgIpc) is 2.52. The molecule has 3 N–H and O–H groups in total. The molecule has 6 heteroatoms. The van der Waals surface area contributed by atoms with Crippen LogP contribution in [0.15, 0.2) is 12.1 Å². The number of benzene rings is 1. The summed E-state index contributed by atoms with van der Waals surface area (Å²) in [5.74, 6) is 0.967. The number of carbonyl (C=O) groups excluding carboxylic acids is 2. The Morgan fingerprint density at radius 3 is 2.65 bits per heavy atom. The normalized spacial score (nSPS) is 15.9. The Morgan fingerprint density at radius 1 is 1.43 bits per heavy atom. The minimum absolute atomic E-state index is 0.0345. The number of rotatable bonds is 4. The molecular weight excluding hydrogens is 297 g/mol. The second-order valence-corrected chi connectivity index (χ2v) is 5.74. The molecule has 0 radical (unpaired) electrons. The summed E-state index contributed by atoms with van der Waals surface area (Å²) in [4.78, 5) is 25.7. The lowest BCUT2D eigenvalue weighted by atomic mass is 9.95. The molecule has 0 bridgehead atoms. The van der Waals surface area contributed by atoms with Gasteiger partial charge in [0.1, 0.15) is 5.82 Å². The maximum absolute atomic E-state index is 13.8. The van der Waals surface area contributed by atoms with Crippen molar-refractivity contribution in [1.29, 1.82) is 0 Å². The number of hydrogen-bond acceptors (Lipinski definition) is 3. The number of piperidine rings is 1. The van der Waals surface area contributed by atoms with Crippen LogP contribution in [0.4, 0.5) is 10.1 Å². The van der Waals surface area contributed by atoms with Crippen LogP contribution in [0.25, 0.3) is 0 Å². The summed E-state index contributed by atoms with van der Waals surface area (Å²) in [5, 5.41) is 2.72. The van der Waals surface area contributed by atoms with Crippen molar-refractivity contribution in [2.24, 2.45) is 11.7 Å². The fourth-order valence-corrected chi connectivity index (χ4v) is 2.67. The van der Waals surface area contributed by atoms with Gasteiger partial charge >= 0.3 is 0 Å². The number of halogens is 1. The van der Waals surface area contributed by atoms with Crippen LogP contribution in [0.3, 0.4) is 0 Å². The molecule has 1 aliphatic rings. The molecule has 5 nitrogen and oxygen atoms in total. The van der Waals surface area contributed by atoms with E-state index in [9.17, 15) is 14.0 Å². The average molecular weight is 317 g/mol. The van der Waals surface area contributed by atoms with E-state index in [0.717, 1.165) is 19.2 Å². The number of nitrogens with two attached hydrogens (primary N) is 1. The van der Waals surface area contributed by atoms with Gasteiger partial charge in [0.05, 0.1) is 6.54 Å². The van der Waals surface area contributed by atoms with E-state index in [1.54, 1.807) is 6.92 Å². The van der Waals surface area contributed by atoms with E-state index in [-0.39, 0.29) is 28.6 Å². The Hall–Kier alpha value is -2.39. The van der Waals surface area contributed by atoms with Gasteiger partial charge in [-0.05, 0) is 45.0 Å². The Bertz CT molecular complexity index is 659. The van der Waals surface area contributed by atoms with Crippen LogP contribution in [0.2, 0.25) is 0 Å². The molecule has 0 unspecified atom stereocenters. The Balaban J connectivity index is 2.06. The number of terminal acetylenes is 1. The lowest BCUT2D eigenvalue weighted by Gasteiger charge is -2.29. The van der Waals surface area contributed by atoms with Crippen LogP contribution < -0.4 is 11.1 Å². The first kappa shape index (κ1) is 17.0. The Morgan fingerprint density at radius 2 is 2.09 bits per heavy atom. The Kier molecular flexibility index (Phi) is 5.35. The highest BCUT2D eigenvalue weighted by molar-refractivity contribution is 5.97. The minimum Gasteiger partial charge on any atom is -0.366 e. The zero-order chi connectivity index (χ0) is 17.0. The predicted molar refractivity (Wildman–Crippen MR) is 86.3 cm³/mol. The van der Waals surface area contributed by atoms with E-state index in [4.69, 9.17) is 12.2 Å². The second-order valence-electron chi connectivity index (χ2n) is 5.74. The van der Waals surface area contributed by atoms with Crippen molar-refractivity contribution in [3.05, 3.63) is 29.1 Å².